The fourth-order valence-corrected chi connectivity index (χ4v) is 6.27. The van der Waals surface area contributed by atoms with Gasteiger partial charge in [-0.1, -0.05) is 18.2 Å². The number of benzene rings is 2. The highest BCUT2D eigenvalue weighted by atomic mass is 32.2. The third-order valence-electron chi connectivity index (χ3n) is 6.88. The van der Waals surface area contributed by atoms with Crippen molar-refractivity contribution >= 4 is 15.9 Å². The zero-order chi connectivity index (χ0) is 24.5. The van der Waals surface area contributed by atoms with E-state index < -0.39 is 27.8 Å². The largest absolute Gasteiger partial charge is 0.416 e. The highest BCUT2D eigenvalue weighted by Gasteiger charge is 2.33. The van der Waals surface area contributed by atoms with Crippen LogP contribution in [0.25, 0.3) is 0 Å². The molecule has 1 heterocycles. The maximum atomic E-state index is 13.2. The van der Waals surface area contributed by atoms with Gasteiger partial charge in [0.1, 0.15) is 0 Å². The monoisotopic (exact) mass is 494 g/mol. The lowest BCUT2D eigenvalue weighted by atomic mass is 9.92. The van der Waals surface area contributed by atoms with Crippen LogP contribution in [0.5, 0.6) is 0 Å². The lowest BCUT2D eigenvalue weighted by Gasteiger charge is -2.31. The van der Waals surface area contributed by atoms with E-state index in [-0.39, 0.29) is 24.9 Å². The molecule has 1 unspecified atom stereocenters. The molecule has 1 amide bonds. The molecule has 2 aliphatic rings. The Hall–Kier alpha value is -2.39. The Bertz CT molecular complexity index is 1140. The summed E-state index contributed by atoms with van der Waals surface area (Å²) >= 11 is 0. The van der Waals surface area contributed by atoms with Gasteiger partial charge in [0.2, 0.25) is 15.9 Å². The van der Waals surface area contributed by atoms with Gasteiger partial charge in [0.15, 0.2) is 0 Å². The molecule has 1 atom stereocenters. The minimum absolute atomic E-state index is 0.210. The number of hydrogen-bond acceptors (Lipinski definition) is 3. The third kappa shape index (κ3) is 5.30. The molecule has 2 aromatic rings. The van der Waals surface area contributed by atoms with Crippen LogP contribution in [0.4, 0.5) is 13.2 Å². The maximum absolute atomic E-state index is 13.2. The van der Waals surface area contributed by atoms with E-state index in [0.29, 0.717) is 23.3 Å². The van der Waals surface area contributed by atoms with Crippen LogP contribution < -0.4 is 5.32 Å². The van der Waals surface area contributed by atoms with Gasteiger partial charge in [-0.2, -0.15) is 17.5 Å². The molecule has 0 saturated carbocycles. The molecule has 2 aromatic carbocycles. The fraction of sp³-hybridized carbons (Fsp3) is 0.480. The quantitative estimate of drug-likeness (QED) is 0.646. The maximum Gasteiger partial charge on any atom is 0.416 e. The van der Waals surface area contributed by atoms with Gasteiger partial charge < -0.3 is 5.32 Å². The van der Waals surface area contributed by atoms with Crippen LogP contribution in [0.2, 0.25) is 0 Å². The van der Waals surface area contributed by atoms with Gasteiger partial charge in [-0.15, -0.1) is 0 Å². The Balaban J connectivity index is 1.34. The summed E-state index contributed by atoms with van der Waals surface area (Å²) in [4.78, 5) is 13.0. The summed E-state index contributed by atoms with van der Waals surface area (Å²) in [6.07, 6.45) is 0.483. The molecule has 1 aliphatic heterocycles. The van der Waals surface area contributed by atoms with E-state index in [1.54, 1.807) is 19.1 Å². The number of carbonyl (C=O) groups is 1. The molecule has 0 aromatic heterocycles. The zero-order valence-corrected chi connectivity index (χ0v) is 19.9. The molecule has 9 heteroatoms. The van der Waals surface area contributed by atoms with Crippen LogP contribution in [-0.2, 0) is 33.8 Å². The summed E-state index contributed by atoms with van der Waals surface area (Å²) in [7, 11) is -3.62. The van der Waals surface area contributed by atoms with E-state index in [0.717, 1.165) is 43.4 Å². The van der Waals surface area contributed by atoms with E-state index in [9.17, 15) is 26.4 Å². The van der Waals surface area contributed by atoms with Crippen molar-refractivity contribution < 1.29 is 26.4 Å². The first-order chi connectivity index (χ1) is 16.1. The summed E-state index contributed by atoms with van der Waals surface area (Å²) in [6, 6.07) is 9.68. The van der Waals surface area contributed by atoms with Crippen molar-refractivity contribution in [2.45, 2.75) is 62.6 Å². The molecule has 1 aliphatic carbocycles. The summed E-state index contributed by atoms with van der Waals surface area (Å²) in [5.41, 5.74) is 2.18. The Morgan fingerprint density at radius 1 is 1.00 bits per heavy atom. The Morgan fingerprint density at radius 3 is 2.24 bits per heavy atom. The lowest BCUT2D eigenvalue weighted by Crippen LogP contribution is -2.43. The van der Waals surface area contributed by atoms with Crippen LogP contribution in [0.1, 0.15) is 60.9 Å². The highest BCUT2D eigenvalue weighted by molar-refractivity contribution is 7.89. The van der Waals surface area contributed by atoms with Crippen molar-refractivity contribution in [3.8, 4) is 0 Å². The Morgan fingerprint density at radius 2 is 1.62 bits per heavy atom. The number of aryl methyl sites for hydroxylation is 2. The molecule has 1 fully saturated rings. The molecule has 4 rings (SSSR count). The highest BCUT2D eigenvalue weighted by Crippen LogP contribution is 2.31. The number of carbonyl (C=O) groups excluding carboxylic acids is 1. The number of amides is 1. The molecule has 1 saturated heterocycles. The normalized spacial score (nSPS) is 18.8. The number of rotatable bonds is 5. The topological polar surface area (TPSA) is 66.5 Å². The van der Waals surface area contributed by atoms with Crippen molar-refractivity contribution in [1.82, 2.24) is 9.62 Å². The van der Waals surface area contributed by atoms with Gasteiger partial charge in [0.05, 0.1) is 16.5 Å². The SMILES string of the molecule is CC(NC(=O)C1CCN(S(=O)(=O)c2ccc3c(c2)CCCC3)CC1)c1ccc(C(F)(F)F)cc1. The molecule has 0 spiro atoms. The Kier molecular flexibility index (Phi) is 7.05. The van der Waals surface area contributed by atoms with Crippen LogP contribution in [0.15, 0.2) is 47.4 Å². The average molecular weight is 495 g/mol. The molecule has 1 N–H and O–H groups in total. The minimum Gasteiger partial charge on any atom is -0.349 e. The minimum atomic E-state index is -4.40. The fourth-order valence-electron chi connectivity index (χ4n) is 4.75. The van der Waals surface area contributed by atoms with E-state index >= 15 is 0 Å². The predicted octanol–water partition coefficient (Wildman–Crippen LogP) is 4.86. The van der Waals surface area contributed by atoms with Gasteiger partial charge in [-0.25, -0.2) is 8.42 Å². The van der Waals surface area contributed by atoms with Crippen molar-refractivity contribution in [1.29, 1.82) is 0 Å². The molecule has 0 radical (unpaired) electrons. The van der Waals surface area contributed by atoms with E-state index in [4.69, 9.17) is 0 Å². The molecule has 34 heavy (non-hydrogen) atoms. The van der Waals surface area contributed by atoms with Crippen molar-refractivity contribution in [3.05, 3.63) is 64.7 Å². The standard InChI is InChI=1S/C25H29F3N2O3S/c1-17(18-6-9-22(10-7-18)25(26,27)28)29-24(31)20-12-14-30(15-13-20)34(32,33)23-11-8-19-4-2-3-5-21(19)16-23/h6-11,16-17,20H,2-5,12-15H2,1H3,(H,29,31). The summed E-state index contributed by atoms with van der Waals surface area (Å²) in [6.45, 7) is 2.23. The number of piperidine rings is 1. The third-order valence-corrected chi connectivity index (χ3v) is 8.77. The van der Waals surface area contributed by atoms with Crippen LogP contribution in [0, 0.1) is 5.92 Å². The van der Waals surface area contributed by atoms with Gasteiger partial charge >= 0.3 is 6.18 Å². The second-order valence-electron chi connectivity index (χ2n) is 9.17. The number of nitrogens with zero attached hydrogens (tertiary/aromatic N) is 1. The van der Waals surface area contributed by atoms with Crippen LogP contribution in [0.3, 0.4) is 0 Å². The van der Waals surface area contributed by atoms with Gasteiger partial charge in [0.25, 0.3) is 0 Å². The first kappa shape index (κ1) is 24.7. The van der Waals surface area contributed by atoms with E-state index in [1.807, 2.05) is 6.07 Å². The molecule has 5 nitrogen and oxygen atoms in total. The van der Waals surface area contributed by atoms with Gasteiger partial charge in [0, 0.05) is 19.0 Å². The van der Waals surface area contributed by atoms with Crippen molar-refractivity contribution in [2.24, 2.45) is 5.92 Å². The first-order valence-corrected chi connectivity index (χ1v) is 13.1. The zero-order valence-electron chi connectivity index (χ0n) is 19.1. The van der Waals surface area contributed by atoms with E-state index in [1.165, 1.54) is 22.0 Å². The van der Waals surface area contributed by atoms with Crippen molar-refractivity contribution in [2.75, 3.05) is 13.1 Å². The summed E-state index contributed by atoms with van der Waals surface area (Å²) < 4.78 is 66.0. The number of hydrogen-bond donors (Lipinski definition) is 1. The van der Waals surface area contributed by atoms with Crippen molar-refractivity contribution in [3.63, 3.8) is 0 Å². The smallest absolute Gasteiger partial charge is 0.349 e. The molecule has 0 bridgehead atoms. The summed E-state index contributed by atoms with van der Waals surface area (Å²) in [5, 5.41) is 2.86. The number of sulfonamides is 1. The average Bonchev–Trinajstić information content (AvgIpc) is 2.83. The van der Waals surface area contributed by atoms with Gasteiger partial charge in [-0.3, -0.25) is 4.79 Å². The van der Waals surface area contributed by atoms with E-state index in [2.05, 4.69) is 5.32 Å². The first-order valence-electron chi connectivity index (χ1n) is 11.6. The number of fused-ring (bicyclic) bond motifs is 1. The molecule has 184 valence electrons. The number of nitrogens with one attached hydrogen (secondary N) is 1. The Labute approximate surface area is 198 Å². The molecular weight excluding hydrogens is 465 g/mol. The second kappa shape index (κ2) is 9.70. The number of alkyl halides is 3. The molecular formula is C25H29F3N2O3S. The van der Waals surface area contributed by atoms with Gasteiger partial charge in [-0.05, 0) is 86.4 Å². The van der Waals surface area contributed by atoms with Crippen LogP contribution >= 0.6 is 0 Å². The lowest BCUT2D eigenvalue weighted by molar-refractivity contribution is -0.137. The predicted molar refractivity (Wildman–Crippen MR) is 123 cm³/mol. The van der Waals surface area contributed by atoms with Crippen LogP contribution in [-0.4, -0.2) is 31.7 Å². The second-order valence-corrected chi connectivity index (χ2v) is 11.1. The number of halogens is 3. The summed E-state index contributed by atoms with van der Waals surface area (Å²) in [5.74, 6) is -0.551.